The normalized spacial score (nSPS) is 15.9. The van der Waals surface area contributed by atoms with Crippen LogP contribution in [0.2, 0.25) is 10.0 Å². The van der Waals surface area contributed by atoms with Crippen LogP contribution >= 0.6 is 32.4 Å². The number of benzene rings is 1. The molecule has 3 N–H and O–H groups in total. The second-order valence-corrected chi connectivity index (χ2v) is 8.83. The molecule has 6 nitrogen and oxygen atoms in total. The minimum absolute atomic E-state index is 0.311. The van der Waals surface area contributed by atoms with Crippen LogP contribution in [-0.2, 0) is 0 Å². The zero-order valence-electron chi connectivity index (χ0n) is 16.6. The summed E-state index contributed by atoms with van der Waals surface area (Å²) in [6.45, 7) is 3.92. The van der Waals surface area contributed by atoms with Gasteiger partial charge in [-0.2, -0.15) is 5.10 Å². The molecule has 1 fully saturated rings. The fraction of sp³-hybridized carbons (Fsp3) is 0.333. The molecule has 1 aliphatic rings. The Labute approximate surface area is 188 Å². The number of nitrogens with two attached hydrogens (primary N) is 1. The molecule has 3 heterocycles. The van der Waals surface area contributed by atoms with Crippen molar-refractivity contribution in [2.24, 2.45) is 0 Å². The van der Waals surface area contributed by atoms with E-state index < -0.39 is 6.10 Å². The molecule has 0 aliphatic carbocycles. The van der Waals surface area contributed by atoms with E-state index in [-0.39, 0.29) is 0 Å². The number of nitrogens with zero attached hydrogens (tertiary/aromatic N) is 3. The summed E-state index contributed by atoms with van der Waals surface area (Å²) in [6.07, 6.45) is 7.39. The summed E-state index contributed by atoms with van der Waals surface area (Å²) in [5, 5.41) is 9.90. The van der Waals surface area contributed by atoms with Crippen LogP contribution in [0.15, 0.2) is 36.8 Å². The molecule has 2 unspecified atom stereocenters. The third-order valence-electron chi connectivity index (χ3n) is 5.37. The Kier molecular flexibility index (Phi) is 6.49. The van der Waals surface area contributed by atoms with Crippen molar-refractivity contribution in [1.29, 1.82) is 0 Å². The van der Waals surface area contributed by atoms with Gasteiger partial charge in [0.2, 0.25) is 0 Å². The predicted octanol–water partition coefficient (Wildman–Crippen LogP) is 4.40. The number of rotatable bonds is 5. The first-order chi connectivity index (χ1) is 14.4. The zero-order valence-corrected chi connectivity index (χ0v) is 19.3. The van der Waals surface area contributed by atoms with Crippen molar-refractivity contribution >= 4 is 43.6 Å². The lowest BCUT2D eigenvalue weighted by Crippen LogP contribution is -2.29. The summed E-state index contributed by atoms with van der Waals surface area (Å²) in [6, 6.07) is 5.95. The first kappa shape index (κ1) is 21.4. The first-order valence-electron chi connectivity index (χ1n) is 9.85. The van der Waals surface area contributed by atoms with Gasteiger partial charge in [0.25, 0.3) is 0 Å². The van der Waals surface area contributed by atoms with E-state index in [0.717, 1.165) is 47.9 Å². The summed E-state index contributed by atoms with van der Waals surface area (Å²) in [7, 11) is 2.60. The minimum Gasteiger partial charge on any atom is -0.482 e. The fourth-order valence-electron chi connectivity index (χ4n) is 3.67. The van der Waals surface area contributed by atoms with Crippen LogP contribution in [0.3, 0.4) is 0 Å². The van der Waals surface area contributed by atoms with Gasteiger partial charge in [-0.15, -0.1) is 9.24 Å². The molecule has 1 saturated heterocycles. The number of aromatic nitrogens is 3. The van der Waals surface area contributed by atoms with Gasteiger partial charge in [0.05, 0.1) is 17.3 Å². The van der Waals surface area contributed by atoms with Gasteiger partial charge in [-0.3, -0.25) is 4.68 Å². The molecule has 158 valence electrons. The van der Waals surface area contributed by atoms with E-state index in [9.17, 15) is 0 Å². The summed E-state index contributed by atoms with van der Waals surface area (Å²) >= 11 is 12.8. The van der Waals surface area contributed by atoms with Crippen LogP contribution in [0.25, 0.3) is 11.1 Å². The van der Waals surface area contributed by atoms with Gasteiger partial charge >= 0.3 is 0 Å². The molecule has 2 atom stereocenters. The standard InChI is InChI=1S/C21H24Cl2N5OP/c1-12(19-16(22)2-3-18(30)20(19)23)29-17-8-13(9-26-21(17)24)14-10-27-28(11-14)15-4-6-25-7-5-15/h2-3,8-12,15,25H,4-7,30H2,1H3,(H2,24,26). The maximum Gasteiger partial charge on any atom is 0.166 e. The van der Waals surface area contributed by atoms with Crippen molar-refractivity contribution in [3.05, 3.63) is 52.4 Å². The van der Waals surface area contributed by atoms with Gasteiger partial charge in [-0.1, -0.05) is 29.3 Å². The second-order valence-electron chi connectivity index (χ2n) is 7.42. The van der Waals surface area contributed by atoms with Crippen molar-refractivity contribution in [2.45, 2.75) is 31.9 Å². The lowest BCUT2D eigenvalue weighted by Gasteiger charge is -2.22. The van der Waals surface area contributed by atoms with Crippen molar-refractivity contribution in [3.8, 4) is 16.9 Å². The Balaban J connectivity index is 1.58. The summed E-state index contributed by atoms with van der Waals surface area (Å²) < 4.78 is 8.17. The van der Waals surface area contributed by atoms with Crippen molar-refractivity contribution in [3.63, 3.8) is 0 Å². The van der Waals surface area contributed by atoms with Gasteiger partial charge in [0, 0.05) is 34.1 Å². The van der Waals surface area contributed by atoms with Crippen molar-refractivity contribution in [1.82, 2.24) is 20.1 Å². The molecule has 0 spiro atoms. The number of anilines is 1. The summed E-state index contributed by atoms with van der Waals surface area (Å²) in [5.41, 5.74) is 8.67. The van der Waals surface area contributed by atoms with Crippen LogP contribution < -0.4 is 21.1 Å². The van der Waals surface area contributed by atoms with E-state index >= 15 is 0 Å². The van der Waals surface area contributed by atoms with Crippen molar-refractivity contribution in [2.75, 3.05) is 18.8 Å². The maximum atomic E-state index is 6.46. The molecular formula is C21H24Cl2N5OP. The van der Waals surface area contributed by atoms with E-state index in [1.807, 2.05) is 29.9 Å². The highest BCUT2D eigenvalue weighted by atomic mass is 35.5. The maximum absolute atomic E-state index is 6.46. The van der Waals surface area contributed by atoms with Crippen LogP contribution in [-0.4, -0.2) is 27.9 Å². The quantitative estimate of drug-likeness (QED) is 0.548. The van der Waals surface area contributed by atoms with E-state index in [1.165, 1.54) is 0 Å². The predicted molar refractivity (Wildman–Crippen MR) is 126 cm³/mol. The van der Waals surface area contributed by atoms with E-state index in [4.69, 9.17) is 33.7 Å². The molecule has 30 heavy (non-hydrogen) atoms. The average molecular weight is 464 g/mol. The topological polar surface area (TPSA) is 78.0 Å². The molecule has 4 rings (SSSR count). The number of halogens is 2. The molecule has 0 radical (unpaired) electrons. The Bertz CT molecular complexity index is 1050. The van der Waals surface area contributed by atoms with Crippen molar-refractivity contribution < 1.29 is 4.74 Å². The molecule has 0 saturated carbocycles. The SMILES string of the molecule is CC(Oc1cc(-c2cnn(C3CCNCC3)c2)cnc1N)c1c(Cl)ccc(P)c1Cl. The lowest BCUT2D eigenvalue weighted by atomic mass is 10.1. The van der Waals surface area contributed by atoms with Gasteiger partial charge < -0.3 is 15.8 Å². The third-order valence-corrected chi connectivity index (χ3v) is 6.78. The van der Waals surface area contributed by atoms with E-state index in [0.29, 0.717) is 27.7 Å². The largest absolute Gasteiger partial charge is 0.482 e. The molecular weight excluding hydrogens is 440 g/mol. The number of piperidine rings is 1. The highest BCUT2D eigenvalue weighted by molar-refractivity contribution is 7.28. The summed E-state index contributed by atoms with van der Waals surface area (Å²) in [4.78, 5) is 4.32. The number of nitrogen functional groups attached to an aromatic ring is 1. The monoisotopic (exact) mass is 463 g/mol. The molecule has 1 aliphatic heterocycles. The number of nitrogens with one attached hydrogen (secondary N) is 1. The number of ether oxygens (including phenoxy) is 1. The smallest absolute Gasteiger partial charge is 0.166 e. The third kappa shape index (κ3) is 4.42. The molecule has 3 aromatic rings. The van der Waals surface area contributed by atoms with E-state index in [1.54, 1.807) is 12.3 Å². The summed E-state index contributed by atoms with van der Waals surface area (Å²) in [5.74, 6) is 0.793. The fourth-order valence-corrected chi connectivity index (χ4v) is 4.60. The number of hydrogen-bond acceptors (Lipinski definition) is 5. The lowest BCUT2D eigenvalue weighted by molar-refractivity contribution is 0.228. The van der Waals surface area contributed by atoms with Crippen LogP contribution in [0.5, 0.6) is 5.75 Å². The minimum atomic E-state index is -0.401. The Morgan fingerprint density at radius 2 is 2.00 bits per heavy atom. The Morgan fingerprint density at radius 3 is 2.77 bits per heavy atom. The molecule has 0 bridgehead atoms. The molecule has 0 amide bonds. The highest BCUT2D eigenvalue weighted by Crippen LogP contribution is 2.35. The van der Waals surface area contributed by atoms with Gasteiger partial charge in [0.1, 0.15) is 6.10 Å². The molecule has 2 aromatic heterocycles. The molecule has 1 aromatic carbocycles. The Morgan fingerprint density at radius 1 is 1.23 bits per heavy atom. The first-order valence-corrected chi connectivity index (χ1v) is 11.2. The van der Waals surface area contributed by atoms with Crippen LogP contribution in [0.1, 0.15) is 37.5 Å². The zero-order chi connectivity index (χ0) is 21.3. The number of hydrogen-bond donors (Lipinski definition) is 2. The molecule has 9 heteroatoms. The highest BCUT2D eigenvalue weighted by Gasteiger charge is 2.20. The van der Waals surface area contributed by atoms with E-state index in [2.05, 4.69) is 30.8 Å². The van der Waals surface area contributed by atoms with Gasteiger partial charge in [0.15, 0.2) is 11.6 Å². The Hall–Kier alpha value is -1.85. The van der Waals surface area contributed by atoms with Gasteiger partial charge in [-0.05, 0) is 50.3 Å². The second kappa shape index (κ2) is 9.11. The average Bonchev–Trinajstić information content (AvgIpc) is 3.24. The van der Waals surface area contributed by atoms with Crippen LogP contribution in [0.4, 0.5) is 5.82 Å². The van der Waals surface area contributed by atoms with Gasteiger partial charge in [-0.25, -0.2) is 4.98 Å². The van der Waals surface area contributed by atoms with Crippen LogP contribution in [0, 0.1) is 0 Å². The number of pyridine rings is 1.